The third-order valence-electron chi connectivity index (χ3n) is 10.4. The molecule has 1 aliphatic rings. The molecule has 406 valence electrons. The number of nitrogens with two attached hydrogens (primary N) is 1. The van der Waals surface area contributed by atoms with Crippen molar-refractivity contribution in [1.29, 1.82) is 0 Å². The van der Waals surface area contributed by atoms with E-state index in [1.165, 1.54) is 5.56 Å². The molecule has 6 aromatic rings. The van der Waals surface area contributed by atoms with Crippen LogP contribution in [0.25, 0.3) is 5.57 Å². The first-order valence-corrected chi connectivity index (χ1v) is 25.2. The smallest absolute Gasteiger partial charge is 0.459 e. The Morgan fingerprint density at radius 2 is 1.21 bits per heavy atom. The van der Waals surface area contributed by atoms with Crippen LogP contribution in [-0.2, 0) is 33.5 Å². The first-order chi connectivity index (χ1) is 36.2. The average molecular weight is 1090 g/mol. The van der Waals surface area contributed by atoms with Gasteiger partial charge in [-0.1, -0.05) is 139 Å². The van der Waals surface area contributed by atoms with E-state index in [0.29, 0.717) is 44.7 Å². The zero-order valence-corrected chi connectivity index (χ0v) is 46.4. The fourth-order valence-corrected chi connectivity index (χ4v) is 7.14. The largest absolute Gasteiger partial charge is 1.00 e. The van der Waals surface area contributed by atoms with Crippen molar-refractivity contribution in [3.63, 3.8) is 0 Å². The highest BCUT2D eigenvalue weighted by Gasteiger charge is 2.25. The Kier molecular flexibility index (Phi) is 23.2. The highest BCUT2D eigenvalue weighted by molar-refractivity contribution is 6.31. The van der Waals surface area contributed by atoms with Gasteiger partial charge in [-0.15, -0.1) is 5.48 Å². The van der Waals surface area contributed by atoms with Crippen LogP contribution in [0, 0.1) is 5.41 Å². The zero-order valence-electron chi connectivity index (χ0n) is 45.8. The molecule has 7 N–H and O–H groups in total. The number of anilines is 3. The number of halogens is 2. The van der Waals surface area contributed by atoms with Gasteiger partial charge in [0, 0.05) is 43.8 Å². The van der Waals surface area contributed by atoms with Gasteiger partial charge >= 0.3 is 19.5 Å². The van der Waals surface area contributed by atoms with E-state index in [4.69, 9.17) is 43.2 Å². The fraction of sp³-hybridized carbons (Fsp3) is 0.267. The molecular formula is C60H69Cl2N6O9+. The number of rotatable bonds is 11. The number of carbonyl (C=O) groups is 6. The number of benzene rings is 6. The lowest BCUT2D eigenvalue weighted by Crippen LogP contribution is -2.37. The van der Waals surface area contributed by atoms with E-state index in [2.05, 4.69) is 45.5 Å². The van der Waals surface area contributed by atoms with E-state index in [1.807, 2.05) is 91.0 Å². The summed E-state index contributed by atoms with van der Waals surface area (Å²) >= 11 is 12.0. The lowest BCUT2D eigenvalue weighted by molar-refractivity contribution is -0.161. The van der Waals surface area contributed by atoms with Crippen molar-refractivity contribution in [3.05, 3.63) is 202 Å². The molecule has 0 saturated heterocycles. The molecule has 15 nitrogen and oxygen atoms in total. The molecule has 1 aliphatic heterocycles. The quantitative estimate of drug-likeness (QED) is 0.0235. The summed E-state index contributed by atoms with van der Waals surface area (Å²) in [4.78, 5) is 75.0. The van der Waals surface area contributed by atoms with Crippen LogP contribution in [0.2, 0.25) is 10.0 Å². The molecule has 0 aromatic heterocycles. The van der Waals surface area contributed by atoms with E-state index in [0.717, 1.165) is 22.4 Å². The second kappa shape index (κ2) is 28.9. The molecule has 0 fully saturated rings. The summed E-state index contributed by atoms with van der Waals surface area (Å²) in [6, 6.07) is 46.8. The Bertz CT molecular complexity index is 2950. The average Bonchev–Trinajstić information content (AvgIpc) is 3.54. The lowest BCUT2D eigenvalue weighted by atomic mass is 9.97. The summed E-state index contributed by atoms with van der Waals surface area (Å²) in [6.07, 6.45) is -0.627. The summed E-state index contributed by atoms with van der Waals surface area (Å²) in [5.41, 5.74) is 14.0. The van der Waals surface area contributed by atoms with Gasteiger partial charge in [0.2, 0.25) is 11.8 Å². The summed E-state index contributed by atoms with van der Waals surface area (Å²) in [6.45, 7) is 19.8. The number of fused-ring (bicyclic) bond motifs is 1. The van der Waals surface area contributed by atoms with E-state index < -0.39 is 34.6 Å². The van der Waals surface area contributed by atoms with Gasteiger partial charge in [0.05, 0.1) is 18.0 Å². The van der Waals surface area contributed by atoms with Crippen LogP contribution in [0.3, 0.4) is 0 Å². The number of esters is 1. The van der Waals surface area contributed by atoms with Crippen molar-refractivity contribution in [3.8, 4) is 0 Å². The number of hydroxylamine groups is 1. The molecule has 1 heterocycles. The number of hydrogen-bond donors (Lipinski definition) is 6. The van der Waals surface area contributed by atoms with Crippen LogP contribution >= 0.6 is 23.2 Å². The molecule has 0 bridgehead atoms. The van der Waals surface area contributed by atoms with Gasteiger partial charge in [-0.3, -0.25) is 24.5 Å². The van der Waals surface area contributed by atoms with Gasteiger partial charge in [0.25, 0.3) is 0 Å². The van der Waals surface area contributed by atoms with Crippen molar-refractivity contribution in [1.82, 2.24) is 16.1 Å². The van der Waals surface area contributed by atoms with Crippen molar-refractivity contribution < 1.29 is 44.5 Å². The SMILES string of the molecule is C=C(c1ccccc1)c1cc(Cl)ccc1NC(=O)CNOC(=O)C(C)(C)C.CC(C)(C)OC(=O)CNC(=O)OC(C)(C)C.Nc1ccc(Cl)cc1C(=O)c1ccccc1.O=C1CNC(c2ccccc2)c2ccccc2N1.[H+]. The minimum atomic E-state index is -0.653. The highest BCUT2D eigenvalue weighted by Crippen LogP contribution is 2.32. The summed E-state index contributed by atoms with van der Waals surface area (Å²) in [5, 5.41) is 12.4. The number of nitrogen functional groups attached to an aromatic ring is 1. The number of para-hydroxylation sites is 1. The Labute approximate surface area is 462 Å². The maximum atomic E-state index is 12.2. The monoisotopic (exact) mass is 1090 g/mol. The summed E-state index contributed by atoms with van der Waals surface area (Å²) < 4.78 is 9.97. The zero-order chi connectivity index (χ0) is 56.9. The van der Waals surface area contributed by atoms with Crippen molar-refractivity contribution in [2.45, 2.75) is 79.6 Å². The molecule has 6 aromatic carbocycles. The number of alkyl carbamates (subject to hydrolysis) is 1. The van der Waals surface area contributed by atoms with Crippen LogP contribution in [-0.4, -0.2) is 66.5 Å². The van der Waals surface area contributed by atoms with Crippen LogP contribution in [0.15, 0.2) is 158 Å². The van der Waals surface area contributed by atoms with Gasteiger partial charge in [0.1, 0.15) is 24.3 Å². The maximum absolute atomic E-state index is 12.2. The van der Waals surface area contributed by atoms with Gasteiger partial charge in [0.15, 0.2) is 5.78 Å². The molecule has 0 spiro atoms. The highest BCUT2D eigenvalue weighted by atomic mass is 35.5. The van der Waals surface area contributed by atoms with E-state index in [9.17, 15) is 28.8 Å². The maximum Gasteiger partial charge on any atom is 1.00 e. The minimum Gasteiger partial charge on any atom is -0.459 e. The van der Waals surface area contributed by atoms with Gasteiger partial charge in [-0.25, -0.2) is 9.59 Å². The Morgan fingerprint density at radius 1 is 0.675 bits per heavy atom. The fourth-order valence-electron chi connectivity index (χ4n) is 6.80. The third kappa shape index (κ3) is 21.7. The van der Waals surface area contributed by atoms with Crippen LogP contribution in [0.4, 0.5) is 21.9 Å². The molecule has 1 unspecified atom stereocenters. The van der Waals surface area contributed by atoms with E-state index >= 15 is 0 Å². The molecule has 0 aliphatic carbocycles. The summed E-state index contributed by atoms with van der Waals surface area (Å²) in [7, 11) is 0. The minimum absolute atomic E-state index is 0. The molecule has 7 rings (SSSR count). The predicted molar refractivity (Wildman–Crippen MR) is 307 cm³/mol. The molecule has 0 saturated carbocycles. The van der Waals surface area contributed by atoms with Gasteiger partial charge < -0.3 is 36.0 Å². The Balaban J connectivity index is 0.000000280. The lowest BCUT2D eigenvalue weighted by Gasteiger charge is -2.21. The van der Waals surface area contributed by atoms with Gasteiger partial charge in [-0.05, 0) is 127 Å². The Morgan fingerprint density at radius 3 is 1.79 bits per heavy atom. The topological polar surface area (TPSA) is 216 Å². The number of ketones is 1. The predicted octanol–water partition coefficient (Wildman–Crippen LogP) is 11.9. The standard InChI is InChI=1S/C21H23ClN2O3.C15H14N2O.C13H10ClNO.C11H21NO4/c1-14(15-8-6-5-7-9-15)17-12-16(22)10-11-18(17)24-19(25)13-23-27-20(26)21(2,3)4;18-14-10-16-15(11-6-2-1-3-7-11)12-8-4-5-9-13(12)17-14;14-10-6-7-12(15)11(8-10)13(16)9-4-2-1-3-5-9;1-10(2,3)15-8(13)7-12-9(14)16-11(4,5)6/h5-12,23H,1,13H2,2-4H3,(H,24,25);1-9,15-16H,10H2,(H,17,18);1-8H,15H2;7H2,1-6H3,(H,12,14)/p+1. The summed E-state index contributed by atoms with van der Waals surface area (Å²) in [5.74, 6) is -1.40. The first-order valence-electron chi connectivity index (χ1n) is 24.5. The third-order valence-corrected chi connectivity index (χ3v) is 10.8. The number of carbonyl (C=O) groups excluding carboxylic acids is 6. The molecule has 0 radical (unpaired) electrons. The number of hydrogen-bond acceptors (Lipinski definition) is 12. The number of amides is 3. The van der Waals surface area contributed by atoms with Crippen molar-refractivity contribution in [2.24, 2.45) is 5.41 Å². The molecule has 1 atom stereocenters. The molecule has 17 heteroatoms. The van der Waals surface area contributed by atoms with Crippen LogP contribution in [0.5, 0.6) is 0 Å². The van der Waals surface area contributed by atoms with E-state index in [1.54, 1.807) is 111 Å². The number of ether oxygens (including phenoxy) is 2. The first kappa shape index (κ1) is 61.7. The number of nitrogens with one attached hydrogen (secondary N) is 5. The second-order valence-corrected chi connectivity index (χ2v) is 21.1. The van der Waals surface area contributed by atoms with Crippen LogP contribution < -0.4 is 32.5 Å². The van der Waals surface area contributed by atoms with Gasteiger partial charge in [-0.2, -0.15) is 0 Å². The van der Waals surface area contributed by atoms with Crippen molar-refractivity contribution >= 4 is 81.5 Å². The molecule has 77 heavy (non-hydrogen) atoms. The van der Waals surface area contributed by atoms with Crippen molar-refractivity contribution in [2.75, 3.05) is 36.0 Å². The Hall–Kier alpha value is -7.82. The van der Waals surface area contributed by atoms with Crippen LogP contribution in [0.1, 0.15) is 108 Å². The normalized spacial score (nSPS) is 12.8. The molecule has 3 amide bonds. The second-order valence-electron chi connectivity index (χ2n) is 20.3. The molecular weight excluding hydrogens is 1020 g/mol. The van der Waals surface area contributed by atoms with E-state index in [-0.39, 0.29) is 38.2 Å².